The van der Waals surface area contributed by atoms with E-state index in [0.717, 1.165) is 5.56 Å². The van der Waals surface area contributed by atoms with Gasteiger partial charge in [0.05, 0.1) is 6.54 Å². The van der Waals surface area contributed by atoms with Crippen LogP contribution in [0, 0.1) is 0 Å². The fraction of sp³-hybridized carbons (Fsp3) is 0.125. The second-order valence-corrected chi connectivity index (χ2v) is 6.25. The van der Waals surface area contributed by atoms with Crippen molar-refractivity contribution in [3.05, 3.63) is 63.5 Å². The van der Waals surface area contributed by atoms with Gasteiger partial charge in [0.2, 0.25) is 0 Å². The van der Waals surface area contributed by atoms with E-state index in [1.165, 1.54) is 28.8 Å². The quantitative estimate of drug-likeness (QED) is 0.693. The predicted molar refractivity (Wildman–Crippen MR) is 95.9 cm³/mol. The molecule has 0 bridgehead atoms. The molecule has 0 aliphatic rings. The number of amides is 1. The topological polar surface area (TPSA) is 102 Å². The number of anilines is 1. The zero-order valence-electron chi connectivity index (χ0n) is 13.5. The third-order valence-corrected chi connectivity index (χ3v) is 4.16. The Balaban J connectivity index is 1.81. The van der Waals surface area contributed by atoms with Crippen LogP contribution >= 0.6 is 23.2 Å². The third kappa shape index (κ3) is 3.71. The van der Waals surface area contributed by atoms with E-state index in [9.17, 15) is 9.59 Å². The molecular weight excluding hydrogens is 381 g/mol. The first-order chi connectivity index (χ1) is 12.3. The highest BCUT2D eigenvalue weighted by Gasteiger charge is 2.22. The molecule has 2 heterocycles. The number of hydrogen-bond acceptors (Lipinski definition) is 4. The van der Waals surface area contributed by atoms with E-state index in [1.807, 2.05) is 18.2 Å². The molecular formula is C16H13Cl2N5O3. The Bertz CT molecular complexity index is 996. The highest BCUT2D eigenvalue weighted by atomic mass is 35.5. The van der Waals surface area contributed by atoms with Crippen LogP contribution in [0.3, 0.4) is 0 Å². The number of hydrogen-bond donors (Lipinski definition) is 2. The standard InChI is InChI=1S/C16H13Cl2N5O3/c1-22-7-10(16(25)26)13(20-22)15(24)19-14-12(18)8-23(21-14)6-9-4-2-3-5-11(9)17/h2-5,7-8H,6H2,1H3,(H,25,26)(H,19,21,24). The van der Waals surface area contributed by atoms with Gasteiger partial charge in [-0.05, 0) is 11.6 Å². The zero-order valence-corrected chi connectivity index (χ0v) is 15.0. The van der Waals surface area contributed by atoms with Gasteiger partial charge in [-0.25, -0.2) is 4.79 Å². The molecule has 0 radical (unpaired) electrons. The number of aromatic nitrogens is 4. The summed E-state index contributed by atoms with van der Waals surface area (Å²) in [4.78, 5) is 23.6. The minimum absolute atomic E-state index is 0.103. The first-order valence-electron chi connectivity index (χ1n) is 7.40. The van der Waals surface area contributed by atoms with E-state index < -0.39 is 11.9 Å². The van der Waals surface area contributed by atoms with Crippen LogP contribution in [0.15, 0.2) is 36.7 Å². The Kier molecular flexibility index (Phi) is 4.97. The molecule has 3 rings (SSSR count). The number of aryl methyl sites for hydroxylation is 1. The molecule has 0 fully saturated rings. The third-order valence-electron chi connectivity index (χ3n) is 3.51. The Morgan fingerprint density at radius 2 is 1.88 bits per heavy atom. The minimum Gasteiger partial charge on any atom is -0.478 e. The molecule has 134 valence electrons. The van der Waals surface area contributed by atoms with Gasteiger partial charge in [0, 0.05) is 24.5 Å². The second-order valence-electron chi connectivity index (χ2n) is 5.44. The molecule has 0 unspecified atom stereocenters. The lowest BCUT2D eigenvalue weighted by atomic mass is 10.2. The molecule has 0 aliphatic carbocycles. The lowest BCUT2D eigenvalue weighted by molar-refractivity contribution is 0.0692. The fourth-order valence-electron chi connectivity index (χ4n) is 2.34. The highest BCUT2D eigenvalue weighted by Crippen LogP contribution is 2.23. The Morgan fingerprint density at radius 3 is 2.58 bits per heavy atom. The summed E-state index contributed by atoms with van der Waals surface area (Å²) < 4.78 is 2.77. The molecule has 1 amide bonds. The number of nitrogens with zero attached hydrogens (tertiary/aromatic N) is 4. The van der Waals surface area contributed by atoms with E-state index in [-0.39, 0.29) is 22.1 Å². The molecule has 0 aliphatic heterocycles. The fourth-order valence-corrected chi connectivity index (χ4v) is 2.74. The van der Waals surface area contributed by atoms with Gasteiger partial charge in [-0.3, -0.25) is 14.2 Å². The summed E-state index contributed by atoms with van der Waals surface area (Å²) in [5.41, 5.74) is 0.400. The summed E-state index contributed by atoms with van der Waals surface area (Å²) in [6, 6.07) is 7.28. The second kappa shape index (κ2) is 7.19. The Hall–Kier alpha value is -2.84. The normalized spacial score (nSPS) is 10.7. The van der Waals surface area contributed by atoms with Crippen LogP contribution in [0.1, 0.15) is 26.4 Å². The largest absolute Gasteiger partial charge is 0.478 e. The maximum absolute atomic E-state index is 12.3. The lowest BCUT2D eigenvalue weighted by Crippen LogP contribution is -2.17. The molecule has 2 aromatic heterocycles. The van der Waals surface area contributed by atoms with Gasteiger partial charge in [0.15, 0.2) is 11.5 Å². The number of nitrogens with one attached hydrogen (secondary N) is 1. The Morgan fingerprint density at radius 1 is 1.15 bits per heavy atom. The van der Waals surface area contributed by atoms with Crippen molar-refractivity contribution in [1.82, 2.24) is 19.6 Å². The molecule has 26 heavy (non-hydrogen) atoms. The summed E-state index contributed by atoms with van der Waals surface area (Å²) in [5.74, 6) is -1.86. The summed E-state index contributed by atoms with van der Waals surface area (Å²) in [6.45, 7) is 0.360. The van der Waals surface area contributed by atoms with Crippen LogP contribution in [-0.2, 0) is 13.6 Å². The number of carbonyl (C=O) groups excluding carboxylic acids is 1. The SMILES string of the molecule is Cn1cc(C(=O)O)c(C(=O)Nc2nn(Cc3ccccc3Cl)cc2Cl)n1. The van der Waals surface area contributed by atoms with E-state index in [1.54, 1.807) is 6.07 Å². The van der Waals surface area contributed by atoms with Crippen molar-refractivity contribution in [3.63, 3.8) is 0 Å². The smallest absolute Gasteiger partial charge is 0.339 e. The van der Waals surface area contributed by atoms with Gasteiger partial charge >= 0.3 is 5.97 Å². The highest BCUT2D eigenvalue weighted by molar-refractivity contribution is 6.33. The van der Waals surface area contributed by atoms with Gasteiger partial charge in [-0.2, -0.15) is 10.2 Å². The lowest BCUT2D eigenvalue weighted by Gasteiger charge is -2.04. The van der Waals surface area contributed by atoms with Gasteiger partial charge < -0.3 is 10.4 Å². The molecule has 10 heteroatoms. The molecule has 8 nitrogen and oxygen atoms in total. The number of carboxylic acid groups (broad SMARTS) is 1. The van der Waals surface area contributed by atoms with E-state index in [4.69, 9.17) is 28.3 Å². The number of aromatic carboxylic acids is 1. The molecule has 0 saturated carbocycles. The summed E-state index contributed by atoms with van der Waals surface area (Å²) in [7, 11) is 1.52. The van der Waals surface area contributed by atoms with Crippen LogP contribution < -0.4 is 5.32 Å². The maximum atomic E-state index is 12.3. The first kappa shape index (κ1) is 18.0. The van der Waals surface area contributed by atoms with Crippen LogP contribution in [0.4, 0.5) is 5.82 Å². The zero-order chi connectivity index (χ0) is 18.8. The maximum Gasteiger partial charge on any atom is 0.339 e. The van der Waals surface area contributed by atoms with Crippen molar-refractivity contribution < 1.29 is 14.7 Å². The average molecular weight is 394 g/mol. The summed E-state index contributed by atoms with van der Waals surface area (Å²) in [6.07, 6.45) is 2.78. The van der Waals surface area contributed by atoms with Gasteiger partial charge in [-0.15, -0.1) is 0 Å². The van der Waals surface area contributed by atoms with Crippen molar-refractivity contribution in [1.29, 1.82) is 0 Å². The predicted octanol–water partition coefficient (Wildman–Crippen LogP) is 2.92. The van der Waals surface area contributed by atoms with E-state index in [2.05, 4.69) is 15.5 Å². The Labute approximate surface area is 157 Å². The van der Waals surface area contributed by atoms with Crippen LogP contribution in [0.2, 0.25) is 10.0 Å². The van der Waals surface area contributed by atoms with E-state index >= 15 is 0 Å². The van der Waals surface area contributed by atoms with Crippen LogP contribution in [0.5, 0.6) is 0 Å². The molecule has 3 aromatic rings. The molecule has 0 spiro atoms. The molecule has 1 aromatic carbocycles. The van der Waals surface area contributed by atoms with Gasteiger partial charge in [0.1, 0.15) is 10.6 Å². The van der Waals surface area contributed by atoms with Crippen molar-refractivity contribution in [2.75, 3.05) is 5.32 Å². The van der Waals surface area contributed by atoms with Crippen molar-refractivity contribution in [3.8, 4) is 0 Å². The molecule has 2 N–H and O–H groups in total. The monoisotopic (exact) mass is 393 g/mol. The van der Waals surface area contributed by atoms with Gasteiger partial charge in [-0.1, -0.05) is 41.4 Å². The number of benzene rings is 1. The molecule has 0 saturated heterocycles. The van der Waals surface area contributed by atoms with Gasteiger partial charge in [0.25, 0.3) is 5.91 Å². The van der Waals surface area contributed by atoms with Crippen LogP contribution in [0.25, 0.3) is 0 Å². The number of carbonyl (C=O) groups is 2. The van der Waals surface area contributed by atoms with Crippen molar-refractivity contribution in [2.45, 2.75) is 6.54 Å². The number of carboxylic acids is 1. The number of halogens is 2. The minimum atomic E-state index is -1.25. The van der Waals surface area contributed by atoms with Crippen molar-refractivity contribution in [2.24, 2.45) is 7.05 Å². The first-order valence-corrected chi connectivity index (χ1v) is 8.15. The number of rotatable bonds is 5. The van der Waals surface area contributed by atoms with Crippen LogP contribution in [-0.4, -0.2) is 36.5 Å². The average Bonchev–Trinajstić information content (AvgIpc) is 3.13. The summed E-state index contributed by atoms with van der Waals surface area (Å²) >= 11 is 12.2. The van der Waals surface area contributed by atoms with Crippen molar-refractivity contribution >= 4 is 40.9 Å². The molecule has 0 atom stereocenters. The summed E-state index contributed by atoms with van der Waals surface area (Å²) in [5, 5.41) is 20.5. The van der Waals surface area contributed by atoms with E-state index in [0.29, 0.717) is 11.6 Å².